The molecule has 2 N–H and O–H groups in total. The van der Waals surface area contributed by atoms with Gasteiger partial charge in [-0.25, -0.2) is 0 Å². The number of aliphatic hydroxyl groups is 1. The van der Waals surface area contributed by atoms with Crippen LogP contribution in [-0.4, -0.2) is 22.1 Å². The Hall–Kier alpha value is -0.830. The minimum atomic E-state index is -0.163. The molecule has 0 unspecified atom stereocenters. The minimum absolute atomic E-state index is 0.163. The van der Waals surface area contributed by atoms with Gasteiger partial charge in [-0.3, -0.25) is 0 Å². The van der Waals surface area contributed by atoms with E-state index in [0.29, 0.717) is 16.7 Å². The molecule has 0 aromatic carbocycles. The minimum Gasteiger partial charge on any atom is -0.411 e. The van der Waals surface area contributed by atoms with E-state index in [-0.39, 0.29) is 6.10 Å². The van der Waals surface area contributed by atoms with E-state index >= 15 is 0 Å². The molecule has 0 bridgehead atoms. The van der Waals surface area contributed by atoms with Crippen LogP contribution in [0, 0.1) is 34.5 Å². The van der Waals surface area contributed by atoms with Crippen molar-refractivity contribution in [2.75, 3.05) is 0 Å². The molecule has 24 heavy (non-hydrogen) atoms. The van der Waals surface area contributed by atoms with Crippen molar-refractivity contribution < 1.29 is 10.3 Å². The van der Waals surface area contributed by atoms with Crippen LogP contribution in [0.25, 0.3) is 0 Å². The van der Waals surface area contributed by atoms with Crippen molar-refractivity contribution in [3.63, 3.8) is 0 Å². The SMILES string of the molecule is C[C@@H](O)[C@H]1CC[C@H]2[C@@H]3CCC4=C/C(=N/O)CC[C@]4(C)[C@H]3CC[C@]12C. The third kappa shape index (κ3) is 2.16. The molecular weight excluding hydrogens is 298 g/mol. The number of aliphatic hydroxyl groups excluding tert-OH is 1. The van der Waals surface area contributed by atoms with Crippen LogP contribution < -0.4 is 0 Å². The van der Waals surface area contributed by atoms with Crippen molar-refractivity contribution in [2.45, 2.75) is 78.2 Å². The summed E-state index contributed by atoms with van der Waals surface area (Å²) in [5, 5.41) is 22.9. The third-order valence-corrected chi connectivity index (χ3v) is 8.76. The molecule has 4 aliphatic carbocycles. The average Bonchev–Trinajstić information content (AvgIpc) is 2.91. The normalized spacial score (nSPS) is 50.7. The first-order chi connectivity index (χ1) is 11.4. The molecule has 3 heteroatoms. The largest absolute Gasteiger partial charge is 0.411 e. The standard InChI is InChI=1S/C21H33NO2/c1-13(23)17-6-7-18-16-5-4-14-12-15(22-24)8-10-20(14,2)19(16)9-11-21(17,18)3/h12-13,16-19,23-24H,4-11H2,1-3H3/b22-15+/t13-,16+,17-,18+,19+,20+,21-/m1/s1. The zero-order valence-electron chi connectivity index (χ0n) is 15.5. The van der Waals surface area contributed by atoms with Crippen molar-refractivity contribution in [1.82, 2.24) is 0 Å². The predicted octanol–water partition coefficient (Wildman–Crippen LogP) is 4.78. The first-order valence-electron chi connectivity index (χ1n) is 10.00. The lowest BCUT2D eigenvalue weighted by Crippen LogP contribution is -2.51. The predicted molar refractivity (Wildman–Crippen MR) is 96.1 cm³/mol. The first-order valence-corrected chi connectivity index (χ1v) is 10.00. The van der Waals surface area contributed by atoms with Crippen molar-refractivity contribution in [3.05, 3.63) is 11.6 Å². The van der Waals surface area contributed by atoms with E-state index < -0.39 is 0 Å². The number of hydrogen-bond acceptors (Lipinski definition) is 3. The van der Waals surface area contributed by atoms with Gasteiger partial charge in [0, 0.05) is 0 Å². The molecule has 3 saturated carbocycles. The summed E-state index contributed by atoms with van der Waals surface area (Å²) in [5.74, 6) is 2.89. The Balaban J connectivity index is 1.65. The Morgan fingerprint density at radius 2 is 1.88 bits per heavy atom. The van der Waals surface area contributed by atoms with Crippen LogP contribution >= 0.6 is 0 Å². The molecule has 0 saturated heterocycles. The Bertz CT molecular complexity index is 580. The number of rotatable bonds is 1. The fourth-order valence-electron chi connectivity index (χ4n) is 7.48. The maximum atomic E-state index is 10.3. The van der Waals surface area contributed by atoms with Crippen molar-refractivity contribution in [3.8, 4) is 0 Å². The van der Waals surface area contributed by atoms with Crippen LogP contribution in [0.15, 0.2) is 16.8 Å². The molecule has 0 radical (unpaired) electrons. The number of oxime groups is 1. The molecule has 3 nitrogen and oxygen atoms in total. The topological polar surface area (TPSA) is 52.8 Å². The van der Waals surface area contributed by atoms with Gasteiger partial charge in [-0.2, -0.15) is 0 Å². The van der Waals surface area contributed by atoms with Gasteiger partial charge < -0.3 is 10.3 Å². The summed E-state index contributed by atoms with van der Waals surface area (Å²) in [6, 6.07) is 0. The number of nitrogens with zero attached hydrogens (tertiary/aromatic N) is 1. The van der Waals surface area contributed by atoms with Crippen LogP contribution in [0.5, 0.6) is 0 Å². The van der Waals surface area contributed by atoms with Gasteiger partial charge in [0.25, 0.3) is 0 Å². The van der Waals surface area contributed by atoms with Crippen molar-refractivity contribution in [2.24, 2.45) is 39.7 Å². The molecular formula is C21H33NO2. The zero-order valence-corrected chi connectivity index (χ0v) is 15.5. The highest BCUT2D eigenvalue weighted by Gasteiger charge is 2.59. The van der Waals surface area contributed by atoms with E-state index in [0.717, 1.165) is 36.3 Å². The van der Waals surface area contributed by atoms with E-state index in [9.17, 15) is 5.11 Å². The summed E-state index contributed by atoms with van der Waals surface area (Å²) in [6.45, 7) is 6.96. The fourth-order valence-corrected chi connectivity index (χ4v) is 7.48. The quantitative estimate of drug-likeness (QED) is 0.537. The summed E-state index contributed by atoms with van der Waals surface area (Å²) in [4.78, 5) is 0. The van der Waals surface area contributed by atoms with Gasteiger partial charge >= 0.3 is 0 Å². The summed E-state index contributed by atoms with van der Waals surface area (Å²) in [7, 11) is 0. The Morgan fingerprint density at radius 1 is 1.08 bits per heavy atom. The van der Waals surface area contributed by atoms with Gasteiger partial charge in [-0.05, 0) is 98.9 Å². The van der Waals surface area contributed by atoms with E-state index in [1.165, 1.54) is 44.1 Å². The second-order valence-electron chi connectivity index (χ2n) is 9.56. The molecule has 3 fully saturated rings. The molecule has 134 valence electrons. The summed E-state index contributed by atoms with van der Waals surface area (Å²) < 4.78 is 0. The highest BCUT2D eigenvalue weighted by Crippen LogP contribution is 2.66. The molecule has 4 rings (SSSR count). The van der Waals surface area contributed by atoms with Crippen LogP contribution in [0.1, 0.15) is 72.1 Å². The van der Waals surface area contributed by atoms with E-state index in [1.54, 1.807) is 0 Å². The molecule has 7 atom stereocenters. The lowest BCUT2D eigenvalue weighted by Gasteiger charge is -2.58. The molecule has 0 aromatic rings. The second-order valence-corrected chi connectivity index (χ2v) is 9.56. The molecule has 0 spiro atoms. The first kappa shape index (κ1) is 16.6. The van der Waals surface area contributed by atoms with Gasteiger partial charge in [-0.1, -0.05) is 24.6 Å². The second kappa shape index (κ2) is 5.59. The van der Waals surface area contributed by atoms with E-state index in [1.807, 2.05) is 6.92 Å². The maximum Gasteiger partial charge on any atom is 0.0795 e. The number of allylic oxidation sites excluding steroid dienone is 2. The van der Waals surface area contributed by atoms with E-state index in [2.05, 4.69) is 25.1 Å². The Labute approximate surface area is 146 Å². The summed E-state index contributed by atoms with van der Waals surface area (Å²) >= 11 is 0. The van der Waals surface area contributed by atoms with Crippen LogP contribution in [-0.2, 0) is 0 Å². The molecule has 4 aliphatic rings. The van der Waals surface area contributed by atoms with Crippen LogP contribution in [0.4, 0.5) is 0 Å². The Morgan fingerprint density at radius 3 is 2.58 bits per heavy atom. The van der Waals surface area contributed by atoms with E-state index in [4.69, 9.17) is 5.21 Å². The fraction of sp³-hybridized carbons (Fsp3) is 0.857. The van der Waals surface area contributed by atoms with Gasteiger partial charge in [0.15, 0.2) is 0 Å². The van der Waals surface area contributed by atoms with Crippen LogP contribution in [0.3, 0.4) is 0 Å². The maximum absolute atomic E-state index is 10.3. The van der Waals surface area contributed by atoms with Gasteiger partial charge in [0.2, 0.25) is 0 Å². The molecule has 0 amide bonds. The number of fused-ring (bicyclic) bond motifs is 5. The zero-order chi connectivity index (χ0) is 17.1. The highest BCUT2D eigenvalue weighted by atomic mass is 16.4. The van der Waals surface area contributed by atoms with Gasteiger partial charge in [0.05, 0.1) is 11.8 Å². The smallest absolute Gasteiger partial charge is 0.0795 e. The summed E-state index contributed by atoms with van der Waals surface area (Å²) in [5.41, 5.74) is 3.06. The third-order valence-electron chi connectivity index (χ3n) is 8.76. The highest BCUT2D eigenvalue weighted by molar-refractivity contribution is 5.96. The van der Waals surface area contributed by atoms with Crippen molar-refractivity contribution in [1.29, 1.82) is 0 Å². The lowest BCUT2D eigenvalue weighted by atomic mass is 9.46. The summed E-state index contributed by atoms with van der Waals surface area (Å²) in [6.07, 6.45) is 11.7. The molecule has 0 aromatic heterocycles. The van der Waals surface area contributed by atoms with Gasteiger partial charge in [0.1, 0.15) is 0 Å². The van der Waals surface area contributed by atoms with Crippen LogP contribution in [0.2, 0.25) is 0 Å². The monoisotopic (exact) mass is 331 g/mol. The number of hydrogen-bond donors (Lipinski definition) is 2. The average molecular weight is 332 g/mol. The molecule has 0 heterocycles. The van der Waals surface area contributed by atoms with Crippen molar-refractivity contribution >= 4 is 5.71 Å². The van der Waals surface area contributed by atoms with Gasteiger partial charge in [-0.15, -0.1) is 0 Å². The lowest BCUT2D eigenvalue weighted by molar-refractivity contribution is -0.0682. The molecule has 0 aliphatic heterocycles. The Kier molecular flexibility index (Phi) is 3.87.